The molecule has 4 heteroatoms. The summed E-state index contributed by atoms with van der Waals surface area (Å²) in [4.78, 5) is 0. The second-order valence-corrected chi connectivity index (χ2v) is 2.01. The average Bonchev–Trinajstić information content (AvgIpc) is 2.15. The lowest BCUT2D eigenvalue weighted by Gasteiger charge is -2.07. The van der Waals surface area contributed by atoms with Gasteiger partial charge in [-0.25, -0.2) is 0 Å². The number of hydrogen-bond acceptors (Lipinski definition) is 2. The van der Waals surface area contributed by atoms with Gasteiger partial charge in [-0.1, -0.05) is 0 Å². The molecule has 0 aliphatic carbocycles. The first-order valence-electron chi connectivity index (χ1n) is 2.93. The predicted octanol–water partition coefficient (Wildman–Crippen LogP) is 0.587. The van der Waals surface area contributed by atoms with Crippen molar-refractivity contribution in [3.8, 4) is 0 Å². The summed E-state index contributed by atoms with van der Waals surface area (Å²) in [6.45, 7) is -1.27. The van der Waals surface area contributed by atoms with Crippen LogP contribution in [0.1, 0.15) is 6.42 Å². The predicted molar refractivity (Wildman–Crippen MR) is 28.4 cm³/mol. The molecule has 1 rings (SSSR count). The lowest BCUT2D eigenvalue weighted by Crippen LogP contribution is -2.19. The molecule has 0 saturated carbocycles. The van der Waals surface area contributed by atoms with E-state index in [0.717, 1.165) is 6.54 Å². The molecular formula is C5H9F2NO. The molecule has 0 aromatic heterocycles. The Morgan fingerprint density at radius 3 is 2.78 bits per heavy atom. The monoisotopic (exact) mass is 137 g/mol. The van der Waals surface area contributed by atoms with Crippen molar-refractivity contribution in [2.24, 2.45) is 0 Å². The van der Waals surface area contributed by atoms with Gasteiger partial charge in [0.15, 0.2) is 0 Å². The molecule has 54 valence electrons. The summed E-state index contributed by atoms with van der Waals surface area (Å²) in [6, 6.07) is 0. The first kappa shape index (κ1) is 6.89. The van der Waals surface area contributed by atoms with Crippen LogP contribution in [0.3, 0.4) is 0 Å². The maximum Gasteiger partial charge on any atom is 0.345 e. The smallest absolute Gasteiger partial charge is 0.318 e. The molecule has 1 heterocycles. The van der Waals surface area contributed by atoms with Crippen LogP contribution in [-0.2, 0) is 4.74 Å². The Balaban J connectivity index is 2.11. The topological polar surface area (TPSA) is 21.3 Å². The number of halogens is 2. The standard InChI is InChI=1S/C5H9F2NO/c6-5(7)9-4-1-2-8-3-4/h4-5,8H,1-3H2. The zero-order valence-electron chi connectivity index (χ0n) is 4.94. The van der Waals surface area contributed by atoms with Gasteiger partial charge in [0.2, 0.25) is 0 Å². The maximum atomic E-state index is 11.4. The van der Waals surface area contributed by atoms with E-state index in [2.05, 4.69) is 10.1 Å². The molecule has 1 aliphatic heterocycles. The number of alkyl halides is 2. The third-order valence-corrected chi connectivity index (χ3v) is 1.31. The van der Waals surface area contributed by atoms with E-state index < -0.39 is 6.61 Å². The van der Waals surface area contributed by atoms with E-state index in [1.807, 2.05) is 0 Å². The maximum absolute atomic E-state index is 11.4. The molecule has 0 spiro atoms. The molecule has 0 aromatic carbocycles. The van der Waals surface area contributed by atoms with E-state index in [-0.39, 0.29) is 6.10 Å². The van der Waals surface area contributed by atoms with Crippen LogP contribution in [0.4, 0.5) is 8.78 Å². The third-order valence-electron chi connectivity index (χ3n) is 1.31. The summed E-state index contributed by atoms with van der Waals surface area (Å²) in [5.74, 6) is 0. The van der Waals surface area contributed by atoms with E-state index >= 15 is 0 Å². The van der Waals surface area contributed by atoms with Gasteiger partial charge in [-0.15, -0.1) is 0 Å². The molecule has 0 bridgehead atoms. The van der Waals surface area contributed by atoms with Crippen LogP contribution < -0.4 is 5.32 Å². The molecule has 0 aromatic rings. The van der Waals surface area contributed by atoms with Crippen LogP contribution in [0.5, 0.6) is 0 Å². The average molecular weight is 137 g/mol. The minimum absolute atomic E-state index is 0.273. The lowest BCUT2D eigenvalue weighted by molar-refractivity contribution is -0.156. The van der Waals surface area contributed by atoms with Crippen molar-refractivity contribution in [1.29, 1.82) is 0 Å². The molecule has 1 saturated heterocycles. The SMILES string of the molecule is FC(F)OC1CCNC1. The van der Waals surface area contributed by atoms with Crippen LogP contribution in [0.2, 0.25) is 0 Å². The fourth-order valence-electron chi connectivity index (χ4n) is 0.890. The van der Waals surface area contributed by atoms with Gasteiger partial charge in [0.1, 0.15) is 0 Å². The Labute approximate surface area is 52.2 Å². The number of rotatable bonds is 2. The second kappa shape index (κ2) is 3.08. The van der Waals surface area contributed by atoms with E-state index in [1.165, 1.54) is 0 Å². The highest BCUT2D eigenvalue weighted by atomic mass is 19.3. The van der Waals surface area contributed by atoms with Crippen molar-refractivity contribution in [3.63, 3.8) is 0 Å². The Kier molecular flexibility index (Phi) is 2.36. The zero-order valence-corrected chi connectivity index (χ0v) is 4.94. The molecule has 1 fully saturated rings. The number of hydrogen-bond donors (Lipinski definition) is 1. The first-order valence-corrected chi connectivity index (χ1v) is 2.93. The summed E-state index contributed by atoms with van der Waals surface area (Å²) in [7, 11) is 0. The minimum atomic E-state index is -2.62. The van der Waals surface area contributed by atoms with Crippen molar-refractivity contribution in [1.82, 2.24) is 5.32 Å². The lowest BCUT2D eigenvalue weighted by atomic mass is 10.3. The van der Waals surface area contributed by atoms with Crippen molar-refractivity contribution in [2.45, 2.75) is 19.1 Å². The Morgan fingerprint density at radius 1 is 1.56 bits per heavy atom. The molecule has 9 heavy (non-hydrogen) atoms. The van der Waals surface area contributed by atoms with Crippen molar-refractivity contribution < 1.29 is 13.5 Å². The molecular weight excluding hydrogens is 128 g/mol. The summed E-state index contributed by atoms with van der Waals surface area (Å²) in [5.41, 5.74) is 0. The molecule has 2 nitrogen and oxygen atoms in total. The van der Waals surface area contributed by atoms with Gasteiger partial charge < -0.3 is 10.1 Å². The summed E-state index contributed by atoms with van der Waals surface area (Å²) in [6.07, 6.45) is 0.426. The Hall–Kier alpha value is -0.220. The third kappa shape index (κ3) is 2.24. The minimum Gasteiger partial charge on any atom is -0.318 e. The van der Waals surface area contributed by atoms with Gasteiger partial charge >= 0.3 is 6.61 Å². The van der Waals surface area contributed by atoms with Gasteiger partial charge in [0, 0.05) is 6.54 Å². The molecule has 1 aliphatic rings. The van der Waals surface area contributed by atoms with Crippen LogP contribution in [-0.4, -0.2) is 25.8 Å². The normalized spacial score (nSPS) is 27.7. The van der Waals surface area contributed by atoms with Gasteiger partial charge in [0.05, 0.1) is 6.10 Å². The highest BCUT2D eigenvalue weighted by Gasteiger charge is 2.18. The van der Waals surface area contributed by atoms with Crippen LogP contribution >= 0.6 is 0 Å². The van der Waals surface area contributed by atoms with E-state index in [9.17, 15) is 8.78 Å². The van der Waals surface area contributed by atoms with E-state index in [4.69, 9.17) is 0 Å². The molecule has 0 radical (unpaired) electrons. The van der Waals surface area contributed by atoms with Crippen molar-refractivity contribution >= 4 is 0 Å². The summed E-state index contributed by atoms with van der Waals surface area (Å²) >= 11 is 0. The highest BCUT2D eigenvalue weighted by Crippen LogP contribution is 2.07. The highest BCUT2D eigenvalue weighted by molar-refractivity contribution is 4.70. The molecule has 1 unspecified atom stereocenters. The molecule has 0 amide bonds. The van der Waals surface area contributed by atoms with Gasteiger partial charge in [-0.3, -0.25) is 0 Å². The van der Waals surface area contributed by atoms with Gasteiger partial charge in [-0.2, -0.15) is 8.78 Å². The summed E-state index contributed by atoms with van der Waals surface area (Å²) < 4.78 is 27.1. The Morgan fingerprint density at radius 2 is 2.33 bits per heavy atom. The molecule has 1 atom stereocenters. The quantitative estimate of drug-likeness (QED) is 0.601. The van der Waals surface area contributed by atoms with Crippen LogP contribution in [0.15, 0.2) is 0 Å². The first-order chi connectivity index (χ1) is 4.29. The fraction of sp³-hybridized carbons (Fsp3) is 1.00. The zero-order chi connectivity index (χ0) is 6.69. The second-order valence-electron chi connectivity index (χ2n) is 2.01. The largest absolute Gasteiger partial charge is 0.345 e. The van der Waals surface area contributed by atoms with E-state index in [0.29, 0.717) is 13.0 Å². The Bertz CT molecular complexity index is 83.0. The van der Waals surface area contributed by atoms with Gasteiger partial charge in [-0.05, 0) is 13.0 Å². The fourth-order valence-corrected chi connectivity index (χ4v) is 0.890. The van der Waals surface area contributed by atoms with E-state index in [1.54, 1.807) is 0 Å². The van der Waals surface area contributed by atoms with Crippen molar-refractivity contribution in [3.05, 3.63) is 0 Å². The number of nitrogens with one attached hydrogen (secondary N) is 1. The van der Waals surface area contributed by atoms with Crippen LogP contribution in [0, 0.1) is 0 Å². The number of ether oxygens (including phenoxy) is 1. The summed E-state index contributed by atoms with van der Waals surface area (Å²) in [5, 5.41) is 2.92. The molecule has 1 N–H and O–H groups in total. The van der Waals surface area contributed by atoms with Gasteiger partial charge in [0.25, 0.3) is 0 Å². The van der Waals surface area contributed by atoms with Crippen LogP contribution in [0.25, 0.3) is 0 Å². The van der Waals surface area contributed by atoms with Crippen molar-refractivity contribution in [2.75, 3.05) is 13.1 Å².